The summed E-state index contributed by atoms with van der Waals surface area (Å²) in [5.74, 6) is 0.750. The van der Waals surface area contributed by atoms with Crippen LogP contribution in [0.4, 0.5) is 16.2 Å². The predicted octanol–water partition coefficient (Wildman–Crippen LogP) is 4.62. The van der Waals surface area contributed by atoms with Crippen molar-refractivity contribution in [3.8, 4) is 11.3 Å². The Kier molecular flexibility index (Phi) is 4.78. The molecule has 0 aliphatic heterocycles. The van der Waals surface area contributed by atoms with Crippen LogP contribution in [0.25, 0.3) is 22.3 Å². The first-order valence-corrected chi connectivity index (χ1v) is 10.3. The van der Waals surface area contributed by atoms with Gasteiger partial charge < -0.3 is 11.1 Å². The van der Waals surface area contributed by atoms with Crippen LogP contribution < -0.4 is 11.1 Å². The topological polar surface area (TPSA) is 81.7 Å². The Hall–Kier alpha value is -3.48. The third-order valence-corrected chi connectivity index (χ3v) is 5.62. The zero-order valence-corrected chi connectivity index (χ0v) is 16.6. The fourth-order valence-corrected chi connectivity index (χ4v) is 4.07. The summed E-state index contributed by atoms with van der Waals surface area (Å²) in [6.45, 7) is 0.539. The first kappa shape index (κ1) is 18.5. The van der Waals surface area contributed by atoms with Gasteiger partial charge in [0.05, 0.1) is 17.6 Å². The van der Waals surface area contributed by atoms with Crippen LogP contribution in [-0.4, -0.2) is 25.8 Å². The summed E-state index contributed by atoms with van der Waals surface area (Å²) >= 11 is 0. The van der Waals surface area contributed by atoms with Crippen LogP contribution in [0, 0.1) is 5.82 Å². The number of benzene rings is 2. The normalized spacial score (nSPS) is 14.4. The van der Waals surface area contributed by atoms with E-state index in [0.29, 0.717) is 41.1 Å². The zero-order chi connectivity index (χ0) is 20.5. The number of rotatable bonds is 5. The van der Waals surface area contributed by atoms with Crippen molar-refractivity contribution in [2.45, 2.75) is 38.3 Å². The van der Waals surface area contributed by atoms with E-state index >= 15 is 0 Å². The molecule has 2 aromatic heterocycles. The standard InChI is InChI=1S/C23H23FN6/c24-17-12-10-16(11-13-17)20-19-21(25)30(14-15-6-2-1-3-7-15)29-22(19)28-23(27-20)26-18-8-4-5-9-18/h1-3,6-7,10-13,18H,4-5,8-9,14,25H2,(H,26,28,29). The molecule has 5 rings (SSSR count). The van der Waals surface area contributed by atoms with Gasteiger partial charge in [-0.2, -0.15) is 4.98 Å². The van der Waals surface area contributed by atoms with E-state index in [1.54, 1.807) is 16.8 Å². The number of hydrogen-bond donors (Lipinski definition) is 2. The summed E-state index contributed by atoms with van der Waals surface area (Å²) in [5.41, 5.74) is 9.58. The van der Waals surface area contributed by atoms with E-state index in [2.05, 4.69) is 15.4 Å². The number of nitrogens with two attached hydrogens (primary N) is 1. The lowest BCUT2D eigenvalue weighted by Crippen LogP contribution is -2.17. The molecule has 0 unspecified atom stereocenters. The second kappa shape index (κ2) is 7.74. The van der Waals surface area contributed by atoms with E-state index in [4.69, 9.17) is 10.7 Å². The Labute approximate surface area is 174 Å². The van der Waals surface area contributed by atoms with Gasteiger partial charge in [-0.15, -0.1) is 5.10 Å². The van der Waals surface area contributed by atoms with Gasteiger partial charge in [-0.25, -0.2) is 14.1 Å². The highest BCUT2D eigenvalue weighted by Crippen LogP contribution is 2.32. The largest absolute Gasteiger partial charge is 0.383 e. The molecular formula is C23H23FN6. The summed E-state index contributed by atoms with van der Waals surface area (Å²) < 4.78 is 15.3. The molecule has 1 saturated carbocycles. The van der Waals surface area contributed by atoms with E-state index < -0.39 is 0 Å². The number of nitrogens with zero attached hydrogens (tertiary/aromatic N) is 4. The highest BCUT2D eigenvalue weighted by Gasteiger charge is 2.21. The van der Waals surface area contributed by atoms with Crippen LogP contribution in [-0.2, 0) is 6.54 Å². The smallest absolute Gasteiger partial charge is 0.225 e. The van der Waals surface area contributed by atoms with E-state index in [1.165, 1.54) is 25.0 Å². The molecule has 0 amide bonds. The first-order valence-electron chi connectivity index (χ1n) is 10.3. The second-order valence-corrected chi connectivity index (χ2v) is 7.76. The number of hydrogen-bond acceptors (Lipinski definition) is 5. The fraction of sp³-hybridized carbons (Fsp3) is 0.261. The minimum absolute atomic E-state index is 0.291. The molecule has 0 radical (unpaired) electrons. The molecule has 2 aromatic carbocycles. The van der Waals surface area contributed by atoms with Crippen molar-refractivity contribution < 1.29 is 4.39 Å². The van der Waals surface area contributed by atoms with Crippen LogP contribution in [0.5, 0.6) is 0 Å². The molecule has 0 saturated heterocycles. The van der Waals surface area contributed by atoms with Crippen molar-refractivity contribution >= 4 is 22.8 Å². The van der Waals surface area contributed by atoms with E-state index in [9.17, 15) is 4.39 Å². The molecule has 4 aromatic rings. The maximum absolute atomic E-state index is 13.5. The minimum atomic E-state index is -0.291. The lowest BCUT2D eigenvalue weighted by Gasteiger charge is -2.13. The van der Waals surface area contributed by atoms with Gasteiger partial charge in [0.25, 0.3) is 0 Å². The van der Waals surface area contributed by atoms with Gasteiger partial charge in [-0.3, -0.25) is 0 Å². The van der Waals surface area contributed by atoms with Crippen LogP contribution >= 0.6 is 0 Å². The van der Waals surface area contributed by atoms with Gasteiger partial charge >= 0.3 is 0 Å². The quantitative estimate of drug-likeness (QED) is 0.509. The molecule has 1 aliphatic rings. The summed E-state index contributed by atoms with van der Waals surface area (Å²) in [5, 5.41) is 8.81. The van der Waals surface area contributed by atoms with Crippen molar-refractivity contribution in [1.29, 1.82) is 0 Å². The number of halogens is 1. The number of aromatic nitrogens is 4. The summed E-state index contributed by atoms with van der Waals surface area (Å²) in [7, 11) is 0. The van der Waals surface area contributed by atoms with E-state index in [1.807, 2.05) is 30.3 Å². The summed E-state index contributed by atoms with van der Waals surface area (Å²) in [6.07, 6.45) is 4.64. The molecule has 1 aliphatic carbocycles. The zero-order valence-electron chi connectivity index (χ0n) is 16.6. The lowest BCUT2D eigenvalue weighted by molar-refractivity contribution is 0.628. The second-order valence-electron chi connectivity index (χ2n) is 7.76. The van der Waals surface area contributed by atoms with Gasteiger partial charge in [0.15, 0.2) is 5.65 Å². The maximum atomic E-state index is 13.5. The molecule has 152 valence electrons. The Morgan fingerprint density at radius 1 is 1.00 bits per heavy atom. The van der Waals surface area contributed by atoms with E-state index in [0.717, 1.165) is 24.0 Å². The minimum Gasteiger partial charge on any atom is -0.383 e. The van der Waals surface area contributed by atoms with E-state index in [-0.39, 0.29) is 5.82 Å². The van der Waals surface area contributed by atoms with Crippen molar-refractivity contribution in [2.75, 3.05) is 11.1 Å². The molecule has 7 heteroatoms. The Morgan fingerprint density at radius 3 is 2.47 bits per heavy atom. The first-order chi connectivity index (χ1) is 14.7. The van der Waals surface area contributed by atoms with Gasteiger partial charge in [0.1, 0.15) is 11.6 Å². The SMILES string of the molecule is Nc1c2c(-c3ccc(F)cc3)nc(NC3CCCC3)nc2nn1Cc1ccccc1. The molecule has 0 atom stereocenters. The van der Waals surface area contributed by atoms with Crippen LogP contribution in [0.3, 0.4) is 0 Å². The number of nitrogen functional groups attached to an aromatic ring is 1. The Bertz CT molecular complexity index is 1160. The molecule has 2 heterocycles. The van der Waals surface area contributed by atoms with Gasteiger partial charge in [0.2, 0.25) is 5.95 Å². The third kappa shape index (κ3) is 3.58. The Morgan fingerprint density at radius 2 is 1.73 bits per heavy atom. The number of nitrogens with one attached hydrogen (secondary N) is 1. The van der Waals surface area contributed by atoms with Crippen LogP contribution in [0.15, 0.2) is 54.6 Å². The molecule has 0 spiro atoms. The predicted molar refractivity (Wildman–Crippen MR) is 117 cm³/mol. The molecule has 1 fully saturated rings. The lowest BCUT2D eigenvalue weighted by atomic mass is 10.1. The van der Waals surface area contributed by atoms with Crippen molar-refractivity contribution in [1.82, 2.24) is 19.7 Å². The van der Waals surface area contributed by atoms with Crippen molar-refractivity contribution in [3.05, 3.63) is 66.0 Å². The third-order valence-electron chi connectivity index (χ3n) is 5.62. The van der Waals surface area contributed by atoms with Crippen LogP contribution in [0.2, 0.25) is 0 Å². The van der Waals surface area contributed by atoms with Gasteiger partial charge in [-0.1, -0.05) is 43.2 Å². The molecular weight excluding hydrogens is 379 g/mol. The highest BCUT2D eigenvalue weighted by molar-refractivity contribution is 5.98. The molecule has 30 heavy (non-hydrogen) atoms. The van der Waals surface area contributed by atoms with Gasteiger partial charge in [-0.05, 0) is 42.7 Å². The van der Waals surface area contributed by atoms with Gasteiger partial charge in [0, 0.05) is 11.6 Å². The Balaban J connectivity index is 1.62. The monoisotopic (exact) mass is 402 g/mol. The maximum Gasteiger partial charge on any atom is 0.225 e. The molecule has 6 nitrogen and oxygen atoms in total. The highest BCUT2D eigenvalue weighted by atomic mass is 19.1. The number of fused-ring (bicyclic) bond motifs is 1. The average molecular weight is 402 g/mol. The van der Waals surface area contributed by atoms with Crippen molar-refractivity contribution in [2.24, 2.45) is 0 Å². The average Bonchev–Trinajstić information content (AvgIpc) is 3.37. The summed E-state index contributed by atoms with van der Waals surface area (Å²) in [6, 6.07) is 16.7. The molecule has 3 N–H and O–H groups in total. The van der Waals surface area contributed by atoms with Crippen LogP contribution in [0.1, 0.15) is 31.2 Å². The summed E-state index contributed by atoms with van der Waals surface area (Å²) in [4.78, 5) is 9.42. The van der Waals surface area contributed by atoms with Crippen molar-refractivity contribution in [3.63, 3.8) is 0 Å². The fourth-order valence-electron chi connectivity index (χ4n) is 4.07. The molecule has 0 bridgehead atoms. The number of anilines is 2.